The number of para-hydroxylation sites is 1. The molecule has 2 heterocycles. The van der Waals surface area contributed by atoms with Crippen LogP contribution in [0.2, 0.25) is 0 Å². The molecule has 0 bridgehead atoms. The van der Waals surface area contributed by atoms with Crippen molar-refractivity contribution < 1.29 is 9.53 Å². The summed E-state index contributed by atoms with van der Waals surface area (Å²) in [5.74, 6) is 0.651. The Morgan fingerprint density at radius 2 is 2.13 bits per heavy atom. The summed E-state index contributed by atoms with van der Waals surface area (Å²) in [6.07, 6.45) is 0.118. The maximum Gasteiger partial charge on any atom is 0.267 e. The number of amides is 1. The van der Waals surface area contributed by atoms with Crippen molar-refractivity contribution in [2.24, 2.45) is 0 Å². The standard InChI is InChI=1S/C18H16N2O2S/c1-10-7-11(2)16-15(8-10)23-18(19-16)20-17(21)14-9-12-5-3-4-6-13(12)22-14/h3-8,14H,9H2,1-2H3,(H,19,20,21). The molecular formula is C18H16N2O2S. The minimum absolute atomic E-state index is 0.144. The van der Waals surface area contributed by atoms with Crippen molar-refractivity contribution in [3.05, 3.63) is 53.1 Å². The van der Waals surface area contributed by atoms with Gasteiger partial charge in [0.05, 0.1) is 10.2 Å². The van der Waals surface area contributed by atoms with Crippen LogP contribution in [0.3, 0.4) is 0 Å². The van der Waals surface area contributed by atoms with Gasteiger partial charge in [-0.1, -0.05) is 35.6 Å². The zero-order valence-corrected chi connectivity index (χ0v) is 13.7. The number of carbonyl (C=O) groups is 1. The lowest BCUT2D eigenvalue weighted by molar-refractivity contribution is -0.122. The number of hydrogen-bond acceptors (Lipinski definition) is 4. The van der Waals surface area contributed by atoms with Gasteiger partial charge in [0.15, 0.2) is 11.2 Å². The molecule has 0 radical (unpaired) electrons. The fourth-order valence-electron chi connectivity index (χ4n) is 2.94. The molecule has 1 unspecified atom stereocenters. The highest BCUT2D eigenvalue weighted by atomic mass is 32.1. The van der Waals surface area contributed by atoms with Crippen LogP contribution in [-0.4, -0.2) is 17.0 Å². The fourth-order valence-corrected chi connectivity index (χ4v) is 3.98. The van der Waals surface area contributed by atoms with Crippen LogP contribution in [-0.2, 0) is 11.2 Å². The van der Waals surface area contributed by atoms with Crippen molar-refractivity contribution in [2.75, 3.05) is 5.32 Å². The molecule has 2 aromatic carbocycles. The van der Waals surface area contributed by atoms with Gasteiger partial charge in [-0.25, -0.2) is 4.98 Å². The second-order valence-corrected chi connectivity index (χ2v) is 6.89. The third-order valence-corrected chi connectivity index (χ3v) is 4.92. The maximum absolute atomic E-state index is 12.4. The predicted octanol–water partition coefficient (Wildman–Crippen LogP) is 3.86. The molecule has 0 saturated heterocycles. The minimum Gasteiger partial charge on any atom is -0.480 e. The van der Waals surface area contributed by atoms with Crippen molar-refractivity contribution in [3.63, 3.8) is 0 Å². The highest BCUT2D eigenvalue weighted by molar-refractivity contribution is 7.22. The maximum atomic E-state index is 12.4. The summed E-state index contributed by atoms with van der Waals surface area (Å²) in [6, 6.07) is 12.0. The first-order valence-electron chi connectivity index (χ1n) is 7.53. The normalized spacial score (nSPS) is 16.2. The van der Waals surface area contributed by atoms with E-state index in [-0.39, 0.29) is 5.91 Å². The molecule has 0 aliphatic carbocycles. The Balaban J connectivity index is 1.55. The lowest BCUT2D eigenvalue weighted by Gasteiger charge is -2.09. The molecule has 4 nitrogen and oxygen atoms in total. The Hall–Kier alpha value is -2.40. The molecule has 1 N–H and O–H groups in total. The summed E-state index contributed by atoms with van der Waals surface area (Å²) >= 11 is 1.50. The zero-order valence-electron chi connectivity index (χ0n) is 12.9. The number of nitrogens with zero attached hydrogens (tertiary/aromatic N) is 1. The van der Waals surface area contributed by atoms with E-state index in [0.717, 1.165) is 27.1 Å². The number of aryl methyl sites for hydroxylation is 2. The van der Waals surface area contributed by atoms with Gasteiger partial charge in [0, 0.05) is 6.42 Å². The summed E-state index contributed by atoms with van der Waals surface area (Å²) in [4.78, 5) is 17.0. The lowest BCUT2D eigenvalue weighted by Crippen LogP contribution is -2.31. The molecule has 0 fully saturated rings. The quantitative estimate of drug-likeness (QED) is 0.779. The van der Waals surface area contributed by atoms with Crippen LogP contribution in [0.1, 0.15) is 16.7 Å². The fraction of sp³-hybridized carbons (Fsp3) is 0.222. The van der Waals surface area contributed by atoms with Gasteiger partial charge in [0.25, 0.3) is 5.91 Å². The SMILES string of the molecule is Cc1cc(C)c2nc(NC(=O)C3Cc4ccccc4O3)sc2c1. The number of anilines is 1. The summed E-state index contributed by atoms with van der Waals surface area (Å²) in [5, 5.41) is 3.52. The van der Waals surface area contributed by atoms with Gasteiger partial charge in [0.1, 0.15) is 5.75 Å². The van der Waals surface area contributed by atoms with Gasteiger partial charge in [-0.05, 0) is 42.7 Å². The molecule has 116 valence electrons. The van der Waals surface area contributed by atoms with Gasteiger partial charge in [-0.15, -0.1) is 0 Å². The molecule has 5 heteroatoms. The van der Waals surface area contributed by atoms with E-state index in [1.165, 1.54) is 16.9 Å². The van der Waals surface area contributed by atoms with Gasteiger partial charge in [0.2, 0.25) is 0 Å². The molecule has 1 amide bonds. The number of aromatic nitrogens is 1. The first kappa shape index (κ1) is 14.2. The predicted molar refractivity (Wildman–Crippen MR) is 92.3 cm³/mol. The Morgan fingerprint density at radius 1 is 1.30 bits per heavy atom. The number of thiazole rings is 1. The van der Waals surface area contributed by atoms with E-state index >= 15 is 0 Å². The van der Waals surface area contributed by atoms with Crippen molar-refractivity contribution in [3.8, 4) is 5.75 Å². The van der Waals surface area contributed by atoms with Gasteiger partial charge in [-0.2, -0.15) is 0 Å². The second-order valence-electron chi connectivity index (χ2n) is 5.86. The molecule has 23 heavy (non-hydrogen) atoms. The first-order valence-corrected chi connectivity index (χ1v) is 8.35. The van der Waals surface area contributed by atoms with Crippen LogP contribution in [0.5, 0.6) is 5.75 Å². The molecule has 3 aromatic rings. The topological polar surface area (TPSA) is 51.2 Å². The van der Waals surface area contributed by atoms with E-state index in [0.29, 0.717) is 11.6 Å². The molecule has 0 spiro atoms. The van der Waals surface area contributed by atoms with E-state index in [1.807, 2.05) is 31.2 Å². The van der Waals surface area contributed by atoms with E-state index in [2.05, 4.69) is 29.4 Å². The van der Waals surface area contributed by atoms with Crippen molar-refractivity contribution in [1.82, 2.24) is 4.98 Å². The molecule has 1 atom stereocenters. The minimum atomic E-state index is -0.484. The van der Waals surface area contributed by atoms with Crippen molar-refractivity contribution >= 4 is 32.6 Å². The number of hydrogen-bond donors (Lipinski definition) is 1. The molecule has 1 aliphatic rings. The Labute approximate surface area is 138 Å². The molecule has 0 saturated carbocycles. The Kier molecular flexibility index (Phi) is 3.31. The number of nitrogens with one attached hydrogen (secondary N) is 1. The van der Waals surface area contributed by atoms with Crippen molar-refractivity contribution in [1.29, 1.82) is 0 Å². The molecule has 1 aliphatic heterocycles. The lowest BCUT2D eigenvalue weighted by atomic mass is 10.1. The Bertz CT molecular complexity index is 892. The summed E-state index contributed by atoms with van der Waals surface area (Å²) in [6.45, 7) is 4.10. The summed E-state index contributed by atoms with van der Waals surface area (Å²) in [7, 11) is 0. The largest absolute Gasteiger partial charge is 0.480 e. The van der Waals surface area contributed by atoms with E-state index in [1.54, 1.807) is 0 Å². The van der Waals surface area contributed by atoms with Crippen LogP contribution in [0.4, 0.5) is 5.13 Å². The van der Waals surface area contributed by atoms with Crippen molar-refractivity contribution in [2.45, 2.75) is 26.4 Å². The van der Waals surface area contributed by atoms with Crippen LogP contribution in [0.15, 0.2) is 36.4 Å². The highest BCUT2D eigenvalue weighted by Crippen LogP contribution is 2.31. The number of ether oxygens (including phenoxy) is 1. The number of carbonyl (C=O) groups excluding carboxylic acids is 1. The number of fused-ring (bicyclic) bond motifs is 2. The Morgan fingerprint density at radius 3 is 2.96 bits per heavy atom. The average Bonchev–Trinajstić information content (AvgIpc) is 3.10. The third kappa shape index (κ3) is 2.57. The molecular weight excluding hydrogens is 308 g/mol. The van der Waals surface area contributed by atoms with Crippen LogP contribution < -0.4 is 10.1 Å². The number of benzene rings is 2. The van der Waals surface area contributed by atoms with Crippen LogP contribution >= 0.6 is 11.3 Å². The molecule has 4 rings (SSSR count). The van der Waals surface area contributed by atoms with Gasteiger partial charge >= 0.3 is 0 Å². The smallest absolute Gasteiger partial charge is 0.267 e. The monoisotopic (exact) mass is 324 g/mol. The van der Waals surface area contributed by atoms with Crippen LogP contribution in [0, 0.1) is 13.8 Å². The van der Waals surface area contributed by atoms with E-state index < -0.39 is 6.10 Å². The van der Waals surface area contributed by atoms with Crippen LogP contribution in [0.25, 0.3) is 10.2 Å². The average molecular weight is 324 g/mol. The number of rotatable bonds is 2. The van der Waals surface area contributed by atoms with Gasteiger partial charge in [-0.3, -0.25) is 10.1 Å². The first-order chi connectivity index (χ1) is 11.1. The third-order valence-electron chi connectivity index (χ3n) is 4.00. The van der Waals surface area contributed by atoms with Gasteiger partial charge < -0.3 is 4.74 Å². The summed E-state index contributed by atoms with van der Waals surface area (Å²) < 4.78 is 6.81. The molecule has 1 aromatic heterocycles. The zero-order chi connectivity index (χ0) is 16.0. The highest BCUT2D eigenvalue weighted by Gasteiger charge is 2.29. The second kappa shape index (κ2) is 5.35. The van der Waals surface area contributed by atoms with E-state index in [9.17, 15) is 4.79 Å². The summed E-state index contributed by atoms with van der Waals surface area (Å²) in [5.41, 5.74) is 4.35. The van der Waals surface area contributed by atoms with E-state index in [4.69, 9.17) is 4.74 Å².